The first-order chi connectivity index (χ1) is 9.84. The number of carbonyl (C=O) groups excluding carboxylic acids is 1. The van der Waals surface area contributed by atoms with Gasteiger partial charge in [-0.05, 0) is 29.7 Å². The van der Waals surface area contributed by atoms with E-state index in [4.69, 9.17) is 0 Å². The molecule has 1 amide bonds. The zero-order valence-corrected chi connectivity index (χ0v) is 11.6. The van der Waals surface area contributed by atoms with Crippen molar-refractivity contribution in [1.29, 1.82) is 0 Å². The minimum atomic E-state index is -1.15. The Hall–Kier alpha value is -2.45. The van der Waals surface area contributed by atoms with Crippen molar-refractivity contribution in [3.05, 3.63) is 22.6 Å². The molecule has 0 saturated carbocycles. The molecular weight excluding hydrogens is 280 g/mol. The van der Waals surface area contributed by atoms with Crippen molar-refractivity contribution in [2.75, 3.05) is 6.54 Å². The van der Waals surface area contributed by atoms with Crippen LogP contribution in [-0.4, -0.2) is 48.4 Å². The average Bonchev–Trinajstić information content (AvgIpc) is 3.03. The number of nitro groups is 1. The summed E-state index contributed by atoms with van der Waals surface area (Å²) < 4.78 is 1.45. The normalized spacial score (nSPS) is 21.5. The first-order valence-corrected chi connectivity index (χ1v) is 6.54. The summed E-state index contributed by atoms with van der Waals surface area (Å²) in [6.07, 6.45) is 3.70. The van der Waals surface area contributed by atoms with Crippen molar-refractivity contribution < 1.29 is 19.6 Å². The summed E-state index contributed by atoms with van der Waals surface area (Å²) in [6, 6.07) is 0. The number of aryl methyl sites for hydroxylation is 1. The Balaban J connectivity index is 1.98. The van der Waals surface area contributed by atoms with Crippen molar-refractivity contribution in [3.63, 3.8) is 0 Å². The number of aromatic nitrogens is 2. The summed E-state index contributed by atoms with van der Waals surface area (Å²) in [7, 11) is 0. The highest BCUT2D eigenvalue weighted by atomic mass is 16.6. The fraction of sp³-hybridized carbons (Fsp3) is 0.583. The molecule has 0 radical (unpaired) electrons. The van der Waals surface area contributed by atoms with E-state index in [-0.39, 0.29) is 24.7 Å². The molecule has 1 fully saturated rings. The molecule has 1 aromatic rings. The van der Waals surface area contributed by atoms with Crippen LogP contribution < -0.4 is 0 Å². The summed E-state index contributed by atoms with van der Waals surface area (Å²) in [5, 5.41) is 19.8. The third-order valence-electron chi connectivity index (χ3n) is 3.79. The Morgan fingerprint density at radius 3 is 2.86 bits per heavy atom. The second kappa shape index (κ2) is 5.51. The molecule has 1 atom stereocenters. The zero-order valence-electron chi connectivity index (χ0n) is 11.6. The molecule has 114 valence electrons. The fourth-order valence-corrected chi connectivity index (χ4v) is 2.51. The number of rotatable bonds is 5. The van der Waals surface area contributed by atoms with Crippen LogP contribution in [0.25, 0.3) is 0 Å². The molecular formula is C12H16N4O5. The Morgan fingerprint density at radius 2 is 2.29 bits per heavy atom. The van der Waals surface area contributed by atoms with Crippen LogP contribution in [0.3, 0.4) is 0 Å². The van der Waals surface area contributed by atoms with E-state index in [1.807, 2.05) is 0 Å². The van der Waals surface area contributed by atoms with Crippen molar-refractivity contribution in [2.24, 2.45) is 0 Å². The van der Waals surface area contributed by atoms with Gasteiger partial charge in [0, 0.05) is 19.5 Å². The minimum Gasteiger partial charge on any atom is -0.480 e. The molecule has 2 rings (SSSR count). The molecule has 1 N–H and O–H groups in total. The number of nitrogens with zero attached hydrogens (tertiary/aromatic N) is 4. The maximum absolute atomic E-state index is 12.2. The van der Waals surface area contributed by atoms with Gasteiger partial charge >= 0.3 is 11.8 Å². The summed E-state index contributed by atoms with van der Waals surface area (Å²) in [4.78, 5) is 38.3. The third kappa shape index (κ3) is 2.86. The van der Waals surface area contributed by atoms with Gasteiger partial charge in [-0.25, -0.2) is 4.79 Å². The Bertz CT molecular complexity index is 584. The number of carbonyl (C=O) groups is 2. The van der Waals surface area contributed by atoms with E-state index in [0.717, 1.165) is 0 Å². The molecule has 0 bridgehead atoms. The molecule has 2 heterocycles. The number of hydrogen-bond acceptors (Lipinski definition) is 5. The van der Waals surface area contributed by atoms with Gasteiger partial charge in [0.15, 0.2) is 0 Å². The maximum Gasteiger partial charge on any atom is 0.381 e. The molecule has 9 heteroatoms. The molecule has 1 aromatic heterocycles. The number of carboxylic acid groups (broad SMARTS) is 1. The lowest BCUT2D eigenvalue weighted by molar-refractivity contribution is -0.389. The standard InChI is InChI=1S/C12H16N4O5/c1-12(11(18)19)4-2-5-15(12)10(17)3-6-14-7-9(13-8-14)16(20)21/h7-8H,2-6H2,1H3,(H,18,19). The van der Waals surface area contributed by atoms with Gasteiger partial charge in [0.05, 0.1) is 0 Å². The number of hydrogen-bond donors (Lipinski definition) is 1. The average molecular weight is 296 g/mol. The van der Waals surface area contributed by atoms with E-state index in [1.54, 1.807) is 6.92 Å². The highest BCUT2D eigenvalue weighted by Crippen LogP contribution is 2.29. The molecule has 0 aromatic carbocycles. The first kappa shape index (κ1) is 14.9. The minimum absolute atomic E-state index is 0.0797. The Morgan fingerprint density at radius 1 is 1.57 bits per heavy atom. The van der Waals surface area contributed by atoms with E-state index in [9.17, 15) is 24.8 Å². The van der Waals surface area contributed by atoms with E-state index in [1.165, 1.54) is 22.0 Å². The molecule has 1 saturated heterocycles. The summed E-state index contributed by atoms with van der Waals surface area (Å²) >= 11 is 0. The fourth-order valence-electron chi connectivity index (χ4n) is 2.51. The van der Waals surface area contributed by atoms with Gasteiger partial charge in [0.1, 0.15) is 11.7 Å². The quantitative estimate of drug-likeness (QED) is 0.629. The highest BCUT2D eigenvalue weighted by molar-refractivity contribution is 5.87. The van der Waals surface area contributed by atoms with E-state index in [0.29, 0.717) is 19.4 Å². The van der Waals surface area contributed by atoms with E-state index < -0.39 is 16.4 Å². The van der Waals surface area contributed by atoms with E-state index in [2.05, 4.69) is 4.98 Å². The van der Waals surface area contributed by atoms with Crippen molar-refractivity contribution in [2.45, 2.75) is 38.3 Å². The third-order valence-corrected chi connectivity index (χ3v) is 3.79. The predicted octanol–water partition coefficient (Wildman–Crippen LogP) is 0.647. The number of carboxylic acids is 1. The summed E-state index contributed by atoms with van der Waals surface area (Å²) in [5.74, 6) is -1.56. The van der Waals surface area contributed by atoms with Crippen LogP contribution in [0.1, 0.15) is 26.2 Å². The summed E-state index contributed by atoms with van der Waals surface area (Å²) in [6.45, 7) is 2.19. The van der Waals surface area contributed by atoms with Gasteiger partial charge in [0.2, 0.25) is 12.2 Å². The van der Waals surface area contributed by atoms with Crippen LogP contribution in [0.2, 0.25) is 0 Å². The zero-order chi connectivity index (χ0) is 15.6. The lowest BCUT2D eigenvalue weighted by atomic mass is 9.99. The number of imidazole rings is 1. The van der Waals surface area contributed by atoms with Crippen LogP contribution in [0.4, 0.5) is 5.82 Å². The van der Waals surface area contributed by atoms with Crippen LogP contribution in [0.5, 0.6) is 0 Å². The van der Waals surface area contributed by atoms with E-state index >= 15 is 0 Å². The second-order valence-electron chi connectivity index (χ2n) is 5.20. The SMILES string of the molecule is CC1(C(=O)O)CCCN1C(=O)CCn1cnc([N+](=O)[O-])c1. The highest BCUT2D eigenvalue weighted by Gasteiger charge is 2.45. The number of amides is 1. The summed E-state index contributed by atoms with van der Waals surface area (Å²) in [5.41, 5.74) is -1.15. The molecule has 0 aliphatic carbocycles. The van der Waals surface area contributed by atoms with Crippen LogP contribution in [-0.2, 0) is 16.1 Å². The Kier molecular flexibility index (Phi) is 3.92. The van der Waals surface area contributed by atoms with Crippen molar-refractivity contribution in [1.82, 2.24) is 14.5 Å². The maximum atomic E-state index is 12.2. The van der Waals surface area contributed by atoms with Gasteiger partial charge in [-0.2, -0.15) is 0 Å². The van der Waals surface area contributed by atoms with Crippen molar-refractivity contribution in [3.8, 4) is 0 Å². The van der Waals surface area contributed by atoms with Gasteiger partial charge in [-0.15, -0.1) is 0 Å². The van der Waals surface area contributed by atoms with Crippen LogP contribution in [0, 0.1) is 10.1 Å². The molecule has 1 aliphatic rings. The lowest BCUT2D eigenvalue weighted by Gasteiger charge is -2.31. The van der Waals surface area contributed by atoms with Gasteiger partial charge < -0.3 is 24.7 Å². The predicted molar refractivity (Wildman–Crippen MR) is 70.5 cm³/mol. The topological polar surface area (TPSA) is 119 Å². The van der Waals surface area contributed by atoms with Gasteiger partial charge in [-0.3, -0.25) is 4.79 Å². The molecule has 0 spiro atoms. The van der Waals surface area contributed by atoms with Gasteiger partial charge in [0.25, 0.3) is 0 Å². The molecule has 21 heavy (non-hydrogen) atoms. The van der Waals surface area contributed by atoms with Crippen LogP contribution >= 0.6 is 0 Å². The monoisotopic (exact) mass is 296 g/mol. The number of likely N-dealkylation sites (tertiary alicyclic amines) is 1. The second-order valence-corrected chi connectivity index (χ2v) is 5.20. The lowest BCUT2D eigenvalue weighted by Crippen LogP contribution is -2.50. The molecule has 1 unspecified atom stereocenters. The van der Waals surface area contributed by atoms with Gasteiger partial charge in [-0.1, -0.05) is 0 Å². The number of aliphatic carboxylic acids is 1. The largest absolute Gasteiger partial charge is 0.480 e. The molecule has 1 aliphatic heterocycles. The Labute approximate surface area is 120 Å². The molecule has 9 nitrogen and oxygen atoms in total. The first-order valence-electron chi connectivity index (χ1n) is 6.54. The van der Waals surface area contributed by atoms with Crippen LogP contribution in [0.15, 0.2) is 12.5 Å². The smallest absolute Gasteiger partial charge is 0.381 e. The van der Waals surface area contributed by atoms with Crippen molar-refractivity contribution >= 4 is 17.7 Å².